The number of nitrogens with zero attached hydrogens (tertiary/aromatic N) is 2. The summed E-state index contributed by atoms with van der Waals surface area (Å²) in [4.78, 5) is 4.32. The van der Waals surface area contributed by atoms with Crippen LogP contribution >= 0.6 is 24.0 Å². The summed E-state index contributed by atoms with van der Waals surface area (Å²) in [6.07, 6.45) is 6.40. The third-order valence-electron chi connectivity index (χ3n) is 4.44. The average molecular weight is 426 g/mol. The van der Waals surface area contributed by atoms with Crippen LogP contribution < -0.4 is 10.6 Å². The molecule has 1 fully saturated rings. The highest BCUT2D eigenvalue weighted by Crippen LogP contribution is 2.26. The molecule has 126 valence electrons. The standard InChI is InChI=1S/C18H26N4.HI/c1-3-14-6-5-9-17(11-14)22-18(20-2)21-13-16-8-4-7-15(10-16)12-19;/h4,7-8,10,14,17H,3,5-6,9,11,13H2,1-2H3,(H2,20,21,22);1H. The molecular formula is C18H27IN4. The molecule has 4 nitrogen and oxygen atoms in total. The van der Waals surface area contributed by atoms with E-state index in [9.17, 15) is 0 Å². The molecule has 1 aromatic rings. The van der Waals surface area contributed by atoms with E-state index < -0.39 is 0 Å². The first-order valence-electron chi connectivity index (χ1n) is 8.21. The lowest BCUT2D eigenvalue weighted by Crippen LogP contribution is -2.45. The number of benzene rings is 1. The van der Waals surface area contributed by atoms with Gasteiger partial charge in [-0.2, -0.15) is 5.26 Å². The second-order valence-corrected chi connectivity index (χ2v) is 6.02. The quantitative estimate of drug-likeness (QED) is 0.437. The Bertz CT molecular complexity index is 550. The fourth-order valence-corrected chi connectivity index (χ4v) is 3.12. The van der Waals surface area contributed by atoms with E-state index in [1.165, 1.54) is 32.1 Å². The smallest absolute Gasteiger partial charge is 0.191 e. The van der Waals surface area contributed by atoms with Gasteiger partial charge in [-0.05, 0) is 36.5 Å². The molecule has 0 aliphatic heterocycles. The predicted octanol–water partition coefficient (Wildman–Crippen LogP) is 3.81. The molecule has 1 aromatic carbocycles. The van der Waals surface area contributed by atoms with Gasteiger partial charge in [-0.1, -0.05) is 38.3 Å². The molecule has 0 heterocycles. The summed E-state index contributed by atoms with van der Waals surface area (Å²) < 4.78 is 0. The summed E-state index contributed by atoms with van der Waals surface area (Å²) in [6.45, 7) is 2.96. The molecule has 0 spiro atoms. The third kappa shape index (κ3) is 6.38. The van der Waals surface area contributed by atoms with Crippen molar-refractivity contribution in [1.29, 1.82) is 5.26 Å². The van der Waals surface area contributed by atoms with E-state index in [1.54, 1.807) is 7.05 Å². The number of hydrogen-bond acceptors (Lipinski definition) is 2. The second-order valence-electron chi connectivity index (χ2n) is 6.02. The lowest BCUT2D eigenvalue weighted by molar-refractivity contribution is 0.298. The van der Waals surface area contributed by atoms with Gasteiger partial charge in [-0.15, -0.1) is 24.0 Å². The second kappa shape index (κ2) is 10.5. The maximum Gasteiger partial charge on any atom is 0.191 e. The lowest BCUT2D eigenvalue weighted by atomic mass is 9.84. The Labute approximate surface area is 156 Å². The van der Waals surface area contributed by atoms with Crippen molar-refractivity contribution in [1.82, 2.24) is 10.6 Å². The minimum atomic E-state index is 0. The number of nitriles is 1. The van der Waals surface area contributed by atoms with E-state index in [2.05, 4.69) is 28.6 Å². The van der Waals surface area contributed by atoms with E-state index in [4.69, 9.17) is 5.26 Å². The Hall–Kier alpha value is -1.29. The molecule has 0 aromatic heterocycles. The highest BCUT2D eigenvalue weighted by atomic mass is 127. The van der Waals surface area contributed by atoms with Crippen LogP contribution in [-0.4, -0.2) is 19.0 Å². The van der Waals surface area contributed by atoms with Crippen LogP contribution in [0.25, 0.3) is 0 Å². The van der Waals surface area contributed by atoms with Gasteiger partial charge in [0.15, 0.2) is 5.96 Å². The van der Waals surface area contributed by atoms with Gasteiger partial charge in [0.1, 0.15) is 0 Å². The summed E-state index contributed by atoms with van der Waals surface area (Å²) in [5.41, 5.74) is 1.79. The molecule has 2 rings (SSSR count). The SMILES string of the molecule is CCC1CCCC(NC(=NC)NCc2cccc(C#N)c2)C1.I. The minimum Gasteiger partial charge on any atom is -0.354 e. The first-order valence-corrected chi connectivity index (χ1v) is 8.21. The first kappa shape index (κ1) is 19.8. The maximum absolute atomic E-state index is 8.94. The van der Waals surface area contributed by atoms with Crippen LogP contribution in [0, 0.1) is 17.2 Å². The van der Waals surface area contributed by atoms with Crippen LogP contribution in [0.5, 0.6) is 0 Å². The summed E-state index contributed by atoms with van der Waals surface area (Å²) >= 11 is 0. The van der Waals surface area contributed by atoms with Gasteiger partial charge < -0.3 is 10.6 Å². The molecule has 2 atom stereocenters. The fourth-order valence-electron chi connectivity index (χ4n) is 3.12. The van der Waals surface area contributed by atoms with E-state index >= 15 is 0 Å². The molecule has 0 bridgehead atoms. The van der Waals surface area contributed by atoms with Gasteiger partial charge >= 0.3 is 0 Å². The van der Waals surface area contributed by atoms with Crippen molar-refractivity contribution in [2.24, 2.45) is 10.9 Å². The summed E-state index contributed by atoms with van der Waals surface area (Å²) in [5.74, 6) is 1.70. The van der Waals surface area contributed by atoms with E-state index in [0.717, 1.165) is 17.4 Å². The lowest BCUT2D eigenvalue weighted by Gasteiger charge is -2.30. The molecule has 2 unspecified atom stereocenters. The highest BCUT2D eigenvalue weighted by molar-refractivity contribution is 14.0. The number of aliphatic imine (C=N–C) groups is 1. The zero-order valence-corrected chi connectivity index (χ0v) is 16.3. The molecule has 0 saturated heterocycles. The maximum atomic E-state index is 8.94. The Morgan fingerprint density at radius 2 is 2.22 bits per heavy atom. The van der Waals surface area contributed by atoms with Crippen LogP contribution in [0.15, 0.2) is 29.3 Å². The Morgan fingerprint density at radius 1 is 1.39 bits per heavy atom. The molecule has 1 aliphatic rings. The zero-order valence-electron chi connectivity index (χ0n) is 14.0. The molecule has 1 saturated carbocycles. The topological polar surface area (TPSA) is 60.2 Å². The Balaban J connectivity index is 0.00000264. The largest absolute Gasteiger partial charge is 0.354 e. The van der Waals surface area contributed by atoms with Crippen LogP contribution in [0.2, 0.25) is 0 Å². The first-order chi connectivity index (χ1) is 10.7. The number of hydrogen-bond donors (Lipinski definition) is 2. The minimum absolute atomic E-state index is 0. The van der Waals surface area contributed by atoms with Crippen LogP contribution in [0.4, 0.5) is 0 Å². The summed E-state index contributed by atoms with van der Waals surface area (Å²) in [5, 5.41) is 15.8. The Kier molecular flexibility index (Phi) is 9.00. The van der Waals surface area contributed by atoms with Gasteiger partial charge in [0.05, 0.1) is 11.6 Å². The molecule has 0 amide bonds. The van der Waals surface area contributed by atoms with Crippen molar-refractivity contribution in [2.45, 2.75) is 51.6 Å². The number of rotatable bonds is 4. The summed E-state index contributed by atoms with van der Waals surface area (Å²) in [6, 6.07) is 10.4. The van der Waals surface area contributed by atoms with E-state index in [-0.39, 0.29) is 24.0 Å². The molecule has 23 heavy (non-hydrogen) atoms. The normalized spacial score (nSPS) is 21.0. The van der Waals surface area contributed by atoms with Crippen molar-refractivity contribution in [3.8, 4) is 6.07 Å². The van der Waals surface area contributed by atoms with Gasteiger partial charge in [-0.25, -0.2) is 0 Å². The zero-order chi connectivity index (χ0) is 15.8. The van der Waals surface area contributed by atoms with Gasteiger partial charge in [0.25, 0.3) is 0 Å². The van der Waals surface area contributed by atoms with Crippen molar-refractivity contribution in [3.05, 3.63) is 35.4 Å². The monoisotopic (exact) mass is 426 g/mol. The van der Waals surface area contributed by atoms with Crippen molar-refractivity contribution in [2.75, 3.05) is 7.05 Å². The molecular weight excluding hydrogens is 399 g/mol. The van der Waals surface area contributed by atoms with E-state index in [0.29, 0.717) is 18.2 Å². The van der Waals surface area contributed by atoms with Crippen molar-refractivity contribution >= 4 is 29.9 Å². The predicted molar refractivity (Wildman–Crippen MR) is 106 cm³/mol. The van der Waals surface area contributed by atoms with E-state index in [1.807, 2.05) is 24.3 Å². The van der Waals surface area contributed by atoms with Crippen molar-refractivity contribution in [3.63, 3.8) is 0 Å². The fraction of sp³-hybridized carbons (Fsp3) is 0.556. The molecule has 1 aliphatic carbocycles. The Morgan fingerprint density at radius 3 is 2.91 bits per heavy atom. The number of guanidine groups is 1. The van der Waals surface area contributed by atoms with Crippen LogP contribution in [0.1, 0.15) is 50.2 Å². The van der Waals surface area contributed by atoms with Gasteiger partial charge in [-0.3, -0.25) is 4.99 Å². The van der Waals surface area contributed by atoms with Gasteiger partial charge in [0, 0.05) is 19.6 Å². The molecule has 2 N–H and O–H groups in total. The highest BCUT2D eigenvalue weighted by Gasteiger charge is 2.21. The number of halogens is 1. The molecule has 0 radical (unpaired) electrons. The molecule has 5 heteroatoms. The number of nitrogens with one attached hydrogen (secondary N) is 2. The third-order valence-corrected chi connectivity index (χ3v) is 4.44. The van der Waals surface area contributed by atoms with Crippen LogP contribution in [-0.2, 0) is 6.54 Å². The van der Waals surface area contributed by atoms with Gasteiger partial charge in [0.2, 0.25) is 0 Å². The average Bonchev–Trinajstić information content (AvgIpc) is 2.58. The van der Waals surface area contributed by atoms with Crippen LogP contribution in [0.3, 0.4) is 0 Å². The van der Waals surface area contributed by atoms with Crippen molar-refractivity contribution < 1.29 is 0 Å². The summed E-state index contributed by atoms with van der Waals surface area (Å²) in [7, 11) is 1.81.